The molecule has 1 aliphatic carbocycles. The fourth-order valence-electron chi connectivity index (χ4n) is 2.89. The van der Waals surface area contributed by atoms with Gasteiger partial charge < -0.3 is 10.1 Å². The molecule has 1 fully saturated rings. The van der Waals surface area contributed by atoms with Crippen LogP contribution >= 0.6 is 11.3 Å². The number of rotatable bonds is 5. The van der Waals surface area contributed by atoms with Crippen molar-refractivity contribution in [1.82, 2.24) is 10.3 Å². The lowest BCUT2D eigenvalue weighted by Crippen LogP contribution is -2.35. The fourth-order valence-corrected chi connectivity index (χ4v) is 3.78. The maximum Gasteiger partial charge on any atom is 0.120 e. The lowest BCUT2D eigenvalue weighted by molar-refractivity contribution is 0.0114. The van der Waals surface area contributed by atoms with Crippen molar-refractivity contribution in [3.05, 3.63) is 29.3 Å². The van der Waals surface area contributed by atoms with Gasteiger partial charge in [0.05, 0.1) is 22.9 Å². The van der Waals surface area contributed by atoms with Gasteiger partial charge in [-0.2, -0.15) is 0 Å². The van der Waals surface area contributed by atoms with Crippen molar-refractivity contribution in [3.8, 4) is 0 Å². The Morgan fingerprint density at radius 3 is 2.80 bits per heavy atom. The van der Waals surface area contributed by atoms with Gasteiger partial charge in [-0.25, -0.2) is 4.98 Å². The van der Waals surface area contributed by atoms with Crippen LogP contribution in [0, 0.1) is 0 Å². The molecule has 1 aliphatic rings. The van der Waals surface area contributed by atoms with E-state index >= 15 is 0 Å². The highest BCUT2D eigenvalue weighted by Crippen LogP contribution is 2.25. The lowest BCUT2D eigenvalue weighted by atomic mass is 9.93. The summed E-state index contributed by atoms with van der Waals surface area (Å²) in [6.07, 6.45) is 5.22. The van der Waals surface area contributed by atoms with E-state index in [0.717, 1.165) is 17.1 Å². The Hall–Kier alpha value is -0.970. The van der Waals surface area contributed by atoms with Gasteiger partial charge in [0.25, 0.3) is 0 Å². The van der Waals surface area contributed by atoms with Crippen LogP contribution in [0.25, 0.3) is 10.2 Å². The molecule has 4 heteroatoms. The third-order valence-corrected chi connectivity index (χ3v) is 4.96. The number of nitrogens with zero attached hydrogens (tertiary/aromatic N) is 1. The van der Waals surface area contributed by atoms with E-state index in [1.165, 1.54) is 30.4 Å². The van der Waals surface area contributed by atoms with Crippen molar-refractivity contribution in [2.24, 2.45) is 0 Å². The van der Waals surface area contributed by atoms with E-state index in [9.17, 15) is 0 Å². The molecule has 2 aromatic rings. The molecule has 3 rings (SSSR count). The Bertz CT molecular complexity index is 513. The summed E-state index contributed by atoms with van der Waals surface area (Å²) >= 11 is 1.75. The van der Waals surface area contributed by atoms with Crippen LogP contribution in [0.15, 0.2) is 24.3 Å². The number of fused-ring (bicyclic) bond motifs is 1. The van der Waals surface area contributed by atoms with E-state index in [1.54, 1.807) is 11.3 Å². The second kappa shape index (κ2) is 6.66. The predicted molar refractivity (Wildman–Crippen MR) is 84.1 cm³/mol. The molecule has 1 heterocycles. The van der Waals surface area contributed by atoms with Crippen LogP contribution < -0.4 is 5.32 Å². The minimum Gasteiger partial charge on any atom is -0.371 e. The molecular weight excluding hydrogens is 268 g/mol. The van der Waals surface area contributed by atoms with Gasteiger partial charge in [-0.3, -0.25) is 0 Å². The average Bonchev–Trinajstić information content (AvgIpc) is 2.90. The summed E-state index contributed by atoms with van der Waals surface area (Å²) in [6.45, 7) is 3.91. The Kier molecular flexibility index (Phi) is 4.65. The van der Waals surface area contributed by atoms with E-state index in [1.807, 2.05) is 6.07 Å². The Labute approximate surface area is 124 Å². The van der Waals surface area contributed by atoms with Crippen LogP contribution in [-0.2, 0) is 11.3 Å². The summed E-state index contributed by atoms with van der Waals surface area (Å²) in [7, 11) is 0. The minimum atomic E-state index is 0.414. The first-order chi connectivity index (χ1) is 9.85. The molecule has 1 aromatic heterocycles. The van der Waals surface area contributed by atoms with Crippen molar-refractivity contribution in [3.63, 3.8) is 0 Å². The van der Waals surface area contributed by atoms with Crippen LogP contribution in [0.3, 0.4) is 0 Å². The molecule has 3 nitrogen and oxygen atoms in total. The summed E-state index contributed by atoms with van der Waals surface area (Å²) in [4.78, 5) is 4.62. The Morgan fingerprint density at radius 1 is 1.25 bits per heavy atom. The summed E-state index contributed by atoms with van der Waals surface area (Å²) in [5, 5.41) is 4.63. The molecule has 1 saturated carbocycles. The van der Waals surface area contributed by atoms with Crippen LogP contribution in [-0.4, -0.2) is 23.7 Å². The van der Waals surface area contributed by atoms with E-state index in [-0.39, 0.29) is 0 Å². The normalized spacial score (nSPS) is 23.2. The van der Waals surface area contributed by atoms with Gasteiger partial charge in [-0.05, 0) is 44.4 Å². The van der Waals surface area contributed by atoms with Crippen LogP contribution in [0.4, 0.5) is 0 Å². The van der Waals surface area contributed by atoms with Crippen molar-refractivity contribution in [1.29, 1.82) is 0 Å². The van der Waals surface area contributed by atoms with Gasteiger partial charge in [-0.15, -0.1) is 11.3 Å². The second-order valence-electron chi connectivity index (χ2n) is 5.42. The number of thiazole rings is 1. The smallest absolute Gasteiger partial charge is 0.120 e. The highest BCUT2D eigenvalue weighted by atomic mass is 32.1. The van der Waals surface area contributed by atoms with Crippen molar-refractivity contribution < 1.29 is 4.74 Å². The number of aromatic nitrogens is 1. The largest absolute Gasteiger partial charge is 0.371 e. The monoisotopic (exact) mass is 290 g/mol. The van der Waals surface area contributed by atoms with E-state index in [0.29, 0.717) is 18.8 Å². The van der Waals surface area contributed by atoms with Crippen LogP contribution in [0.5, 0.6) is 0 Å². The third kappa shape index (κ3) is 3.37. The molecule has 0 unspecified atom stereocenters. The van der Waals surface area contributed by atoms with Crippen molar-refractivity contribution in [2.75, 3.05) is 6.54 Å². The molecule has 0 amide bonds. The lowest BCUT2D eigenvalue weighted by Gasteiger charge is -2.28. The van der Waals surface area contributed by atoms with Gasteiger partial charge in [0.15, 0.2) is 0 Å². The minimum absolute atomic E-state index is 0.414. The zero-order valence-corrected chi connectivity index (χ0v) is 12.8. The van der Waals surface area contributed by atoms with Gasteiger partial charge in [0.2, 0.25) is 0 Å². The van der Waals surface area contributed by atoms with Crippen molar-refractivity contribution in [2.45, 2.75) is 51.4 Å². The number of hydrogen-bond acceptors (Lipinski definition) is 4. The molecule has 0 bridgehead atoms. The zero-order valence-electron chi connectivity index (χ0n) is 12.0. The van der Waals surface area contributed by atoms with Gasteiger partial charge in [-0.1, -0.05) is 19.1 Å². The summed E-state index contributed by atoms with van der Waals surface area (Å²) in [5.74, 6) is 0. The average molecular weight is 290 g/mol. The van der Waals surface area contributed by atoms with Gasteiger partial charge in [0.1, 0.15) is 5.01 Å². The molecule has 0 aliphatic heterocycles. The molecule has 20 heavy (non-hydrogen) atoms. The number of para-hydroxylation sites is 1. The molecule has 0 atom stereocenters. The quantitative estimate of drug-likeness (QED) is 0.911. The standard InChI is InChI=1S/C16H22N2OS/c1-2-17-12-7-9-13(10-8-12)19-11-16-18-14-5-3-4-6-15(14)20-16/h3-6,12-13,17H,2,7-11H2,1H3. The molecule has 0 saturated heterocycles. The Balaban J connectivity index is 1.50. The number of hydrogen-bond donors (Lipinski definition) is 1. The molecule has 0 spiro atoms. The predicted octanol–water partition coefficient (Wildman–Crippen LogP) is 3.73. The maximum atomic E-state index is 6.05. The van der Waals surface area contributed by atoms with Crippen molar-refractivity contribution >= 4 is 21.6 Å². The Morgan fingerprint density at radius 2 is 2.05 bits per heavy atom. The summed E-state index contributed by atoms with van der Waals surface area (Å²) in [5.41, 5.74) is 1.09. The SMILES string of the molecule is CCNC1CCC(OCc2nc3ccccc3s2)CC1. The zero-order chi connectivity index (χ0) is 13.8. The highest BCUT2D eigenvalue weighted by Gasteiger charge is 2.21. The molecular formula is C16H22N2OS. The van der Waals surface area contributed by atoms with Gasteiger partial charge in [0, 0.05) is 6.04 Å². The molecule has 1 N–H and O–H groups in total. The first-order valence-corrected chi connectivity index (χ1v) is 8.36. The van der Waals surface area contributed by atoms with Crippen LogP contribution in [0.1, 0.15) is 37.6 Å². The third-order valence-electron chi connectivity index (χ3n) is 3.95. The number of ether oxygens (including phenoxy) is 1. The highest BCUT2D eigenvalue weighted by molar-refractivity contribution is 7.18. The summed E-state index contributed by atoms with van der Waals surface area (Å²) < 4.78 is 7.30. The molecule has 1 aromatic carbocycles. The fraction of sp³-hybridized carbons (Fsp3) is 0.562. The second-order valence-corrected chi connectivity index (χ2v) is 6.53. The van der Waals surface area contributed by atoms with Crippen LogP contribution in [0.2, 0.25) is 0 Å². The number of benzene rings is 1. The molecule has 0 radical (unpaired) electrons. The topological polar surface area (TPSA) is 34.1 Å². The molecule has 108 valence electrons. The van der Waals surface area contributed by atoms with E-state index in [4.69, 9.17) is 4.74 Å². The maximum absolute atomic E-state index is 6.05. The van der Waals surface area contributed by atoms with E-state index in [2.05, 4.69) is 35.4 Å². The number of nitrogens with one attached hydrogen (secondary N) is 1. The first kappa shape index (κ1) is 14.0. The van der Waals surface area contributed by atoms with Gasteiger partial charge >= 0.3 is 0 Å². The van der Waals surface area contributed by atoms with E-state index < -0.39 is 0 Å². The summed E-state index contributed by atoms with van der Waals surface area (Å²) in [6, 6.07) is 8.99. The first-order valence-electron chi connectivity index (χ1n) is 7.54.